The Morgan fingerprint density at radius 3 is 2.50 bits per heavy atom. The van der Waals surface area contributed by atoms with E-state index in [4.69, 9.17) is 4.74 Å². The maximum absolute atomic E-state index is 13.5. The zero-order chi connectivity index (χ0) is 30.0. The van der Waals surface area contributed by atoms with Gasteiger partial charge in [-0.05, 0) is 51.3 Å². The van der Waals surface area contributed by atoms with Gasteiger partial charge in [-0.15, -0.1) is 0 Å². The van der Waals surface area contributed by atoms with Gasteiger partial charge >= 0.3 is 12.1 Å². The van der Waals surface area contributed by atoms with Crippen LogP contribution in [0.2, 0.25) is 0 Å². The van der Waals surface area contributed by atoms with Crippen LogP contribution < -0.4 is 15.0 Å². The molecular formula is C28H31F3N6O4S. The molecule has 1 amide bonds. The average molecular weight is 605 g/mol. The van der Waals surface area contributed by atoms with Crippen molar-refractivity contribution in [3.63, 3.8) is 0 Å². The summed E-state index contributed by atoms with van der Waals surface area (Å²) < 4.78 is 45.4. The molecule has 4 heterocycles. The second-order valence-corrected chi connectivity index (χ2v) is 11.6. The summed E-state index contributed by atoms with van der Waals surface area (Å²) in [5.41, 5.74) is 0.129. The van der Waals surface area contributed by atoms with E-state index < -0.39 is 23.6 Å². The Kier molecular flexibility index (Phi) is 8.64. The summed E-state index contributed by atoms with van der Waals surface area (Å²) in [5.74, 6) is -1.44. The van der Waals surface area contributed by atoms with Crippen LogP contribution in [0.1, 0.15) is 53.5 Å². The standard InChI is InChI=1S/C28H31F3N6O4S/c1-16-4-3-9-37(16)15-22-24(18-5-6-19(28(29,30)31)21(12-18)41-2)34-27(42-22)35-25(38)20-13-33-23(14-32-20)36-10-7-17(8-11-36)26(39)40/h5-6,12-14,16-17H,3-4,7-11,15H2,1-2H3,(H,39,40)(H,34,35,38)/t16-/m1/s1. The van der Waals surface area contributed by atoms with Crippen LogP contribution in [0.5, 0.6) is 5.75 Å². The van der Waals surface area contributed by atoms with E-state index in [0.29, 0.717) is 55.6 Å². The summed E-state index contributed by atoms with van der Waals surface area (Å²) in [4.78, 5) is 42.5. The van der Waals surface area contributed by atoms with Gasteiger partial charge in [0.2, 0.25) is 0 Å². The number of carboxylic acids is 1. The van der Waals surface area contributed by atoms with E-state index in [1.165, 1.54) is 43.0 Å². The van der Waals surface area contributed by atoms with Gasteiger partial charge in [0.05, 0.1) is 36.7 Å². The molecule has 1 atom stereocenters. The minimum Gasteiger partial charge on any atom is -0.496 e. The minimum atomic E-state index is -4.57. The van der Waals surface area contributed by atoms with Crippen molar-refractivity contribution < 1.29 is 32.6 Å². The molecule has 2 fully saturated rings. The van der Waals surface area contributed by atoms with Crippen molar-refractivity contribution in [1.82, 2.24) is 19.9 Å². The van der Waals surface area contributed by atoms with Crippen molar-refractivity contribution in [2.24, 2.45) is 5.92 Å². The molecule has 2 aliphatic rings. The number of aromatic nitrogens is 3. The molecule has 2 aliphatic heterocycles. The Balaban J connectivity index is 1.36. The quantitative estimate of drug-likeness (QED) is 0.359. The third kappa shape index (κ3) is 6.49. The number of ether oxygens (including phenoxy) is 1. The number of carboxylic acid groups (broad SMARTS) is 1. The lowest BCUT2D eigenvalue weighted by Crippen LogP contribution is -2.36. The fraction of sp³-hybridized carbons (Fsp3) is 0.464. The highest BCUT2D eigenvalue weighted by atomic mass is 32.1. The van der Waals surface area contributed by atoms with Crippen molar-refractivity contribution in [1.29, 1.82) is 0 Å². The Morgan fingerprint density at radius 2 is 1.90 bits per heavy atom. The second-order valence-electron chi connectivity index (χ2n) is 10.5. The van der Waals surface area contributed by atoms with Crippen molar-refractivity contribution in [3.05, 3.63) is 46.7 Å². The highest BCUT2D eigenvalue weighted by Gasteiger charge is 2.35. The molecule has 224 valence electrons. The van der Waals surface area contributed by atoms with Crippen LogP contribution in [0.15, 0.2) is 30.6 Å². The van der Waals surface area contributed by atoms with Crippen LogP contribution >= 0.6 is 11.3 Å². The number of carbonyl (C=O) groups excluding carboxylic acids is 1. The number of carbonyl (C=O) groups is 2. The first kappa shape index (κ1) is 29.7. The fourth-order valence-corrected chi connectivity index (χ4v) is 6.35. The molecule has 0 spiro atoms. The van der Waals surface area contributed by atoms with Crippen LogP contribution in [0.25, 0.3) is 11.3 Å². The van der Waals surface area contributed by atoms with Gasteiger partial charge in [0.25, 0.3) is 5.91 Å². The molecule has 1 aromatic carbocycles. The number of amides is 1. The summed E-state index contributed by atoms with van der Waals surface area (Å²) in [6.45, 7) is 4.64. The van der Waals surface area contributed by atoms with E-state index >= 15 is 0 Å². The number of rotatable bonds is 8. The van der Waals surface area contributed by atoms with Crippen molar-refractivity contribution in [2.75, 3.05) is 37.0 Å². The van der Waals surface area contributed by atoms with Crippen molar-refractivity contribution in [3.8, 4) is 17.0 Å². The van der Waals surface area contributed by atoms with Crippen molar-refractivity contribution >= 4 is 34.2 Å². The molecule has 0 saturated carbocycles. The van der Waals surface area contributed by atoms with Gasteiger partial charge < -0.3 is 14.7 Å². The molecule has 14 heteroatoms. The van der Waals surface area contributed by atoms with E-state index in [0.717, 1.165) is 30.3 Å². The highest BCUT2D eigenvalue weighted by molar-refractivity contribution is 7.16. The average Bonchev–Trinajstić information content (AvgIpc) is 3.57. The van der Waals surface area contributed by atoms with Gasteiger partial charge in [0.15, 0.2) is 5.13 Å². The Hall–Kier alpha value is -3.78. The molecule has 0 radical (unpaired) electrons. The van der Waals surface area contributed by atoms with Crippen LogP contribution in [0.3, 0.4) is 0 Å². The summed E-state index contributed by atoms with van der Waals surface area (Å²) >= 11 is 1.27. The third-order valence-corrected chi connectivity index (χ3v) is 8.73. The maximum atomic E-state index is 13.5. The first-order chi connectivity index (χ1) is 20.0. The van der Waals surface area contributed by atoms with Crippen LogP contribution in [0, 0.1) is 5.92 Å². The fourth-order valence-electron chi connectivity index (χ4n) is 5.34. The van der Waals surface area contributed by atoms with E-state index in [2.05, 4.69) is 32.1 Å². The Labute approximate surface area is 244 Å². The lowest BCUT2D eigenvalue weighted by Gasteiger charge is -2.30. The van der Waals surface area contributed by atoms with E-state index in [9.17, 15) is 27.9 Å². The molecule has 0 unspecified atom stereocenters. The lowest BCUT2D eigenvalue weighted by atomic mass is 9.97. The molecule has 0 bridgehead atoms. The van der Waals surface area contributed by atoms with Crippen LogP contribution in [0.4, 0.5) is 24.1 Å². The number of halogens is 3. The lowest BCUT2D eigenvalue weighted by molar-refractivity contribution is -0.142. The zero-order valence-corrected chi connectivity index (χ0v) is 24.0. The Bertz CT molecular complexity index is 1440. The number of anilines is 2. The number of aliphatic carboxylic acids is 1. The number of nitrogens with one attached hydrogen (secondary N) is 1. The molecule has 0 aliphatic carbocycles. The molecule has 2 N–H and O–H groups in total. The molecule has 2 saturated heterocycles. The number of alkyl halides is 3. The number of methoxy groups -OCH3 is 1. The zero-order valence-electron chi connectivity index (χ0n) is 23.1. The number of thiazole rings is 1. The third-order valence-electron chi connectivity index (χ3n) is 7.77. The van der Waals surface area contributed by atoms with Gasteiger partial charge in [0.1, 0.15) is 17.3 Å². The summed E-state index contributed by atoms with van der Waals surface area (Å²) in [7, 11) is 1.19. The number of hydrogen-bond acceptors (Lipinski definition) is 9. The first-order valence-electron chi connectivity index (χ1n) is 13.6. The SMILES string of the molecule is COc1cc(-c2nc(NC(=O)c3cnc(N4CCC(C(=O)O)CC4)cn3)sc2CN2CCC[C@H]2C)ccc1C(F)(F)F. The van der Waals surface area contributed by atoms with Gasteiger partial charge in [0, 0.05) is 36.1 Å². The summed E-state index contributed by atoms with van der Waals surface area (Å²) in [6.07, 6.45) is 1.40. The minimum absolute atomic E-state index is 0.0711. The Morgan fingerprint density at radius 1 is 1.14 bits per heavy atom. The molecule has 2 aromatic heterocycles. The second kappa shape index (κ2) is 12.2. The first-order valence-corrected chi connectivity index (χ1v) is 14.5. The maximum Gasteiger partial charge on any atom is 0.419 e. The van der Waals surface area contributed by atoms with Gasteiger partial charge in [-0.1, -0.05) is 17.4 Å². The molecule has 3 aromatic rings. The largest absolute Gasteiger partial charge is 0.496 e. The number of likely N-dealkylation sites (tertiary alicyclic amines) is 1. The highest BCUT2D eigenvalue weighted by Crippen LogP contribution is 2.40. The van der Waals surface area contributed by atoms with E-state index in [-0.39, 0.29) is 22.5 Å². The normalized spacial score (nSPS) is 18.3. The molecule has 42 heavy (non-hydrogen) atoms. The monoisotopic (exact) mass is 604 g/mol. The molecular weight excluding hydrogens is 573 g/mol. The number of benzene rings is 1. The van der Waals surface area contributed by atoms with E-state index in [1.54, 1.807) is 0 Å². The smallest absolute Gasteiger partial charge is 0.419 e. The van der Waals surface area contributed by atoms with Gasteiger partial charge in [-0.2, -0.15) is 13.2 Å². The topological polar surface area (TPSA) is 121 Å². The predicted molar refractivity (Wildman–Crippen MR) is 151 cm³/mol. The predicted octanol–water partition coefficient (Wildman–Crippen LogP) is 5.17. The molecule has 5 rings (SSSR count). The van der Waals surface area contributed by atoms with Gasteiger partial charge in [-0.3, -0.25) is 19.8 Å². The van der Waals surface area contributed by atoms with Crippen LogP contribution in [-0.4, -0.2) is 69.6 Å². The van der Waals surface area contributed by atoms with Crippen LogP contribution in [-0.2, 0) is 17.5 Å². The number of hydrogen-bond donors (Lipinski definition) is 2. The summed E-state index contributed by atoms with van der Waals surface area (Å²) in [5, 5.41) is 12.3. The number of piperidine rings is 1. The molecule has 10 nitrogen and oxygen atoms in total. The van der Waals surface area contributed by atoms with Crippen molar-refractivity contribution in [2.45, 2.75) is 51.4 Å². The van der Waals surface area contributed by atoms with E-state index in [1.807, 2.05) is 4.90 Å². The number of nitrogens with zero attached hydrogens (tertiary/aromatic N) is 5. The summed E-state index contributed by atoms with van der Waals surface area (Å²) in [6, 6.07) is 4.02. The van der Waals surface area contributed by atoms with Gasteiger partial charge in [-0.25, -0.2) is 15.0 Å².